The maximum atomic E-state index is 13.0. The molecule has 9 atom stereocenters. The van der Waals surface area contributed by atoms with Crippen LogP contribution in [-0.2, 0) is 9.53 Å². The fraction of sp³-hybridized carbons (Fsp3) is 0.933. The number of hydrogen-bond acceptors (Lipinski definition) is 10. The highest BCUT2D eigenvalue weighted by atomic mass is 28.3. The van der Waals surface area contributed by atoms with E-state index in [1.807, 2.05) is 0 Å². The summed E-state index contributed by atoms with van der Waals surface area (Å²) in [6, 6.07) is 0. The zero-order valence-electron chi connectivity index (χ0n) is 15.2. The molecule has 10 nitrogen and oxygen atoms in total. The van der Waals surface area contributed by atoms with E-state index in [2.05, 4.69) is 0 Å². The molecule has 0 aromatic carbocycles. The average Bonchev–Trinajstić information content (AvgIpc) is 2.56. The van der Waals surface area contributed by atoms with Crippen LogP contribution in [0.3, 0.4) is 0 Å². The maximum absolute atomic E-state index is 13.0. The zero-order valence-corrected chi connectivity index (χ0v) is 16.2. The van der Waals surface area contributed by atoms with Crippen molar-refractivity contribution in [3.8, 4) is 0 Å². The van der Waals surface area contributed by atoms with E-state index >= 15 is 0 Å². The van der Waals surface area contributed by atoms with Crippen molar-refractivity contribution in [3.63, 3.8) is 0 Å². The highest BCUT2D eigenvalue weighted by Crippen LogP contribution is 2.33. The number of Topliss-reactive ketones (excluding diaryl/α,β-unsaturated/α-hetero) is 1. The van der Waals surface area contributed by atoms with Crippen molar-refractivity contribution in [1.82, 2.24) is 0 Å². The van der Waals surface area contributed by atoms with E-state index in [0.717, 1.165) is 6.92 Å². The first kappa shape index (κ1) is 23.6. The summed E-state index contributed by atoms with van der Waals surface area (Å²) in [6.45, 7) is 4.96. The van der Waals surface area contributed by atoms with Gasteiger partial charge in [0.15, 0.2) is 5.78 Å². The molecular weight excluding hydrogens is 368 g/mol. The summed E-state index contributed by atoms with van der Waals surface area (Å²) in [7, 11) is -3.04. The molecule has 0 radical (unpaired) electrons. The largest absolute Gasteiger partial charge is 0.394 e. The SMILES string of the molecule is C[C@H](O)[C@H](O)[C@@H](O)[C@@](O)(C(=O)C1O[C@H](CO)[C@@H](O)[C@H](O)[C@H]1O)[Si](C)(C)C. The monoisotopic (exact) mass is 398 g/mol. The standard InChI is InChI=1S/C15H30O10Si/c1-6(17)8(18)13(22)15(24,26(2,3)4)14(23)12-11(21)10(20)9(19)7(5-16)25-12/h6-13,16-22,24H,5H2,1-4H3/t6-,7+,8-,9+,10-,11+,12?,13+,15-/m0/s1. The molecule has 0 aromatic heterocycles. The molecule has 26 heavy (non-hydrogen) atoms. The topological polar surface area (TPSA) is 188 Å². The second kappa shape index (κ2) is 8.27. The molecular formula is C15H30O10Si. The minimum absolute atomic E-state index is 0.765. The van der Waals surface area contributed by atoms with Gasteiger partial charge in [-0.05, 0) is 6.92 Å². The van der Waals surface area contributed by atoms with Gasteiger partial charge in [-0.15, -0.1) is 0 Å². The van der Waals surface area contributed by atoms with Crippen LogP contribution in [0.15, 0.2) is 0 Å². The maximum Gasteiger partial charge on any atom is 0.194 e. The van der Waals surface area contributed by atoms with Gasteiger partial charge < -0.3 is 45.6 Å². The Morgan fingerprint density at radius 1 is 1.08 bits per heavy atom. The van der Waals surface area contributed by atoms with Gasteiger partial charge in [0.2, 0.25) is 0 Å². The van der Waals surface area contributed by atoms with Gasteiger partial charge in [-0.2, -0.15) is 0 Å². The number of carbonyl (C=O) groups is 1. The van der Waals surface area contributed by atoms with E-state index in [-0.39, 0.29) is 0 Å². The molecule has 1 aliphatic rings. The lowest BCUT2D eigenvalue weighted by Gasteiger charge is -2.47. The Balaban J connectivity index is 3.33. The van der Waals surface area contributed by atoms with Crippen LogP contribution in [0, 0.1) is 0 Å². The van der Waals surface area contributed by atoms with Crippen LogP contribution in [0.1, 0.15) is 6.92 Å². The first-order valence-corrected chi connectivity index (χ1v) is 11.8. The van der Waals surface area contributed by atoms with Crippen molar-refractivity contribution >= 4 is 13.9 Å². The molecule has 0 aliphatic carbocycles. The fourth-order valence-electron chi connectivity index (χ4n) is 3.01. The Hall–Kier alpha value is -0.473. The fourth-order valence-corrected chi connectivity index (χ4v) is 4.94. The number of hydrogen-bond donors (Lipinski definition) is 8. The summed E-state index contributed by atoms with van der Waals surface area (Å²) in [4.78, 5) is 13.0. The molecule has 0 spiro atoms. The predicted octanol–water partition coefficient (Wildman–Crippen LogP) is -3.89. The minimum Gasteiger partial charge on any atom is -0.394 e. The highest BCUT2D eigenvalue weighted by Gasteiger charge is 2.60. The third-order valence-electron chi connectivity index (χ3n) is 4.92. The molecule has 1 heterocycles. The zero-order chi connectivity index (χ0) is 20.6. The molecule has 1 fully saturated rings. The summed E-state index contributed by atoms with van der Waals surface area (Å²) < 4.78 is 5.17. The lowest BCUT2D eigenvalue weighted by atomic mass is 9.88. The smallest absolute Gasteiger partial charge is 0.194 e. The quantitative estimate of drug-likeness (QED) is 0.197. The van der Waals surface area contributed by atoms with Crippen molar-refractivity contribution in [3.05, 3.63) is 0 Å². The lowest BCUT2D eigenvalue weighted by molar-refractivity contribution is -0.233. The summed E-state index contributed by atoms with van der Waals surface area (Å²) in [5, 5.41) is 77.5. The van der Waals surface area contributed by atoms with Crippen LogP contribution in [0.5, 0.6) is 0 Å². The average molecular weight is 398 g/mol. The number of carbonyl (C=O) groups excluding carboxylic acids is 1. The minimum atomic E-state index is -3.04. The van der Waals surface area contributed by atoms with Gasteiger partial charge in [0.05, 0.1) is 20.8 Å². The molecule has 1 unspecified atom stereocenters. The first-order chi connectivity index (χ1) is 11.7. The van der Waals surface area contributed by atoms with E-state index in [1.54, 1.807) is 0 Å². The van der Waals surface area contributed by atoms with E-state index < -0.39 is 74.5 Å². The predicted molar refractivity (Wildman–Crippen MR) is 90.8 cm³/mol. The van der Waals surface area contributed by atoms with Gasteiger partial charge >= 0.3 is 0 Å². The van der Waals surface area contributed by atoms with Crippen LogP contribution in [-0.4, -0.2) is 115 Å². The summed E-state index contributed by atoms with van der Waals surface area (Å²) >= 11 is 0. The van der Waals surface area contributed by atoms with Crippen LogP contribution < -0.4 is 0 Å². The molecule has 8 N–H and O–H groups in total. The summed E-state index contributed by atoms with van der Waals surface area (Å²) in [6.07, 6.45) is -14.1. The van der Waals surface area contributed by atoms with Crippen LogP contribution in [0.4, 0.5) is 0 Å². The first-order valence-electron chi connectivity index (χ1n) is 8.33. The Morgan fingerprint density at radius 2 is 1.58 bits per heavy atom. The van der Waals surface area contributed by atoms with Gasteiger partial charge in [0.1, 0.15) is 48.0 Å². The van der Waals surface area contributed by atoms with Crippen molar-refractivity contribution in [2.45, 2.75) is 80.6 Å². The molecule has 0 amide bonds. The third kappa shape index (κ3) is 4.02. The van der Waals surface area contributed by atoms with Crippen molar-refractivity contribution < 1.29 is 50.4 Å². The number of ketones is 1. The summed E-state index contributed by atoms with van der Waals surface area (Å²) in [5.41, 5.74) is 0. The third-order valence-corrected chi connectivity index (χ3v) is 7.74. The molecule has 11 heteroatoms. The van der Waals surface area contributed by atoms with Gasteiger partial charge in [-0.3, -0.25) is 4.79 Å². The number of rotatable bonds is 7. The van der Waals surface area contributed by atoms with Crippen LogP contribution in [0.25, 0.3) is 0 Å². The molecule has 0 aromatic rings. The van der Waals surface area contributed by atoms with E-state index in [0.29, 0.717) is 0 Å². The van der Waals surface area contributed by atoms with Crippen LogP contribution >= 0.6 is 0 Å². The summed E-state index contributed by atoms with van der Waals surface area (Å²) in [5.74, 6) is -1.21. The molecule has 1 aliphatic heterocycles. The molecule has 0 saturated carbocycles. The Kier molecular flexibility index (Phi) is 7.49. The van der Waals surface area contributed by atoms with Crippen molar-refractivity contribution in [2.75, 3.05) is 6.61 Å². The van der Waals surface area contributed by atoms with E-state index in [4.69, 9.17) is 4.74 Å². The number of aliphatic hydroxyl groups excluding tert-OH is 7. The van der Waals surface area contributed by atoms with Crippen LogP contribution in [0.2, 0.25) is 19.6 Å². The normalized spacial score (nSPS) is 36.1. The van der Waals surface area contributed by atoms with Gasteiger partial charge in [-0.1, -0.05) is 19.6 Å². The Bertz CT molecular complexity index is 493. The van der Waals surface area contributed by atoms with Gasteiger partial charge in [0.25, 0.3) is 0 Å². The van der Waals surface area contributed by atoms with Gasteiger partial charge in [0, 0.05) is 0 Å². The second-order valence-electron chi connectivity index (χ2n) is 7.81. The molecule has 0 bridgehead atoms. The van der Waals surface area contributed by atoms with Crippen molar-refractivity contribution in [1.29, 1.82) is 0 Å². The van der Waals surface area contributed by atoms with E-state index in [9.17, 15) is 45.6 Å². The lowest BCUT2D eigenvalue weighted by Crippen LogP contribution is -2.74. The second-order valence-corrected chi connectivity index (χ2v) is 13.1. The molecule has 1 saturated heterocycles. The van der Waals surface area contributed by atoms with E-state index in [1.165, 1.54) is 19.6 Å². The Morgan fingerprint density at radius 3 is 1.96 bits per heavy atom. The van der Waals surface area contributed by atoms with Crippen molar-refractivity contribution in [2.24, 2.45) is 0 Å². The molecule has 154 valence electrons. The number of ether oxygens (including phenoxy) is 1. The Labute approximate surface area is 152 Å². The molecule has 1 rings (SSSR count). The number of aliphatic hydroxyl groups is 8. The van der Waals surface area contributed by atoms with Gasteiger partial charge in [-0.25, -0.2) is 0 Å². The highest BCUT2D eigenvalue weighted by molar-refractivity contribution is 6.82.